The number of benzene rings is 3. The summed E-state index contributed by atoms with van der Waals surface area (Å²) in [6.07, 6.45) is 0. The van der Waals surface area contributed by atoms with Gasteiger partial charge in [-0.3, -0.25) is 14.2 Å². The first-order valence-corrected chi connectivity index (χ1v) is 11.7. The fourth-order valence-corrected chi connectivity index (χ4v) is 4.50. The number of nitrogens with zero attached hydrogens (tertiary/aromatic N) is 3. The molecule has 4 aromatic rings. The van der Waals surface area contributed by atoms with Gasteiger partial charge in [0.05, 0.1) is 28.4 Å². The molecule has 1 unspecified atom stereocenters. The lowest BCUT2D eigenvalue weighted by molar-refractivity contribution is -0.128. The van der Waals surface area contributed by atoms with Crippen molar-refractivity contribution >= 4 is 28.6 Å². The molecule has 0 radical (unpaired) electrons. The third-order valence-corrected chi connectivity index (χ3v) is 6.73. The molecule has 0 saturated heterocycles. The number of rotatable bonds is 6. The van der Waals surface area contributed by atoms with Crippen LogP contribution >= 0.6 is 11.8 Å². The Balaban J connectivity index is 1.65. The van der Waals surface area contributed by atoms with Crippen LogP contribution < -0.4 is 5.56 Å². The maximum absolute atomic E-state index is 14.3. The Labute approximate surface area is 200 Å². The van der Waals surface area contributed by atoms with E-state index in [1.807, 2.05) is 6.92 Å². The number of aromatic nitrogens is 2. The van der Waals surface area contributed by atoms with Gasteiger partial charge in [0.15, 0.2) is 5.16 Å². The van der Waals surface area contributed by atoms with Crippen molar-refractivity contribution < 1.29 is 13.6 Å². The minimum Gasteiger partial charge on any atom is -0.338 e. The Hall–Kier alpha value is -3.52. The summed E-state index contributed by atoms with van der Waals surface area (Å²) in [7, 11) is 1.67. The molecule has 34 heavy (non-hydrogen) atoms. The molecule has 0 aliphatic carbocycles. The average Bonchev–Trinajstić information content (AvgIpc) is 2.84. The van der Waals surface area contributed by atoms with Crippen molar-refractivity contribution in [2.24, 2.45) is 0 Å². The first kappa shape index (κ1) is 23.6. The molecule has 1 atom stereocenters. The Morgan fingerprint density at radius 1 is 1.09 bits per heavy atom. The second-order valence-electron chi connectivity index (χ2n) is 8.01. The van der Waals surface area contributed by atoms with Gasteiger partial charge in [-0.2, -0.15) is 0 Å². The summed E-state index contributed by atoms with van der Waals surface area (Å²) in [5, 5.41) is 0.698. The maximum Gasteiger partial charge on any atom is 0.266 e. The quantitative estimate of drug-likeness (QED) is 0.279. The SMILES string of the molecule is Cc1ccc(-n2c(SCC(=O)N(C)C(C)c3ccc(F)cc3)nc3ccccc3c2=O)cc1F. The molecule has 0 bridgehead atoms. The molecule has 1 heterocycles. The number of aryl methyl sites for hydroxylation is 1. The van der Waals surface area contributed by atoms with Crippen LogP contribution in [0.15, 0.2) is 76.7 Å². The van der Waals surface area contributed by atoms with E-state index in [0.717, 1.165) is 17.3 Å². The van der Waals surface area contributed by atoms with Gasteiger partial charge in [0.25, 0.3) is 5.56 Å². The second kappa shape index (κ2) is 9.77. The molecule has 0 saturated carbocycles. The molecule has 0 aliphatic heterocycles. The minimum atomic E-state index is -0.433. The van der Waals surface area contributed by atoms with Crippen molar-refractivity contribution in [2.75, 3.05) is 12.8 Å². The van der Waals surface area contributed by atoms with E-state index in [9.17, 15) is 18.4 Å². The van der Waals surface area contributed by atoms with E-state index in [1.165, 1.54) is 22.8 Å². The van der Waals surface area contributed by atoms with Crippen LogP contribution in [0, 0.1) is 18.6 Å². The van der Waals surface area contributed by atoms with Gasteiger partial charge in [-0.05, 0) is 61.4 Å². The zero-order chi connectivity index (χ0) is 24.4. The number of thioether (sulfide) groups is 1. The minimum absolute atomic E-state index is 0.0150. The largest absolute Gasteiger partial charge is 0.338 e. The highest BCUT2D eigenvalue weighted by atomic mass is 32.2. The van der Waals surface area contributed by atoms with Crippen molar-refractivity contribution in [2.45, 2.75) is 25.0 Å². The van der Waals surface area contributed by atoms with Gasteiger partial charge in [0.2, 0.25) is 5.91 Å². The van der Waals surface area contributed by atoms with Crippen molar-refractivity contribution in [3.8, 4) is 5.69 Å². The third-order valence-electron chi connectivity index (χ3n) is 5.81. The van der Waals surface area contributed by atoms with Crippen molar-refractivity contribution in [3.63, 3.8) is 0 Å². The van der Waals surface area contributed by atoms with Gasteiger partial charge in [-0.15, -0.1) is 0 Å². The third kappa shape index (κ3) is 4.72. The highest BCUT2D eigenvalue weighted by Crippen LogP contribution is 2.25. The molecule has 0 fully saturated rings. The highest BCUT2D eigenvalue weighted by Gasteiger charge is 2.20. The summed E-state index contributed by atoms with van der Waals surface area (Å²) in [5.41, 5.74) is 1.77. The van der Waals surface area contributed by atoms with Crippen LogP contribution in [-0.2, 0) is 4.79 Å². The number of fused-ring (bicyclic) bond motifs is 1. The van der Waals surface area contributed by atoms with E-state index >= 15 is 0 Å². The first-order valence-electron chi connectivity index (χ1n) is 10.7. The van der Waals surface area contributed by atoms with Gasteiger partial charge in [-0.1, -0.05) is 42.1 Å². The number of para-hydroxylation sites is 1. The molecule has 1 aromatic heterocycles. The van der Waals surface area contributed by atoms with Crippen molar-refractivity contribution in [3.05, 3.63) is 99.8 Å². The smallest absolute Gasteiger partial charge is 0.266 e. The van der Waals surface area contributed by atoms with Crippen molar-refractivity contribution in [1.29, 1.82) is 0 Å². The predicted molar refractivity (Wildman–Crippen MR) is 130 cm³/mol. The molecular formula is C26H23F2N3O2S. The summed E-state index contributed by atoms with van der Waals surface area (Å²) in [5.74, 6) is -0.946. The lowest BCUT2D eigenvalue weighted by atomic mass is 10.1. The zero-order valence-electron chi connectivity index (χ0n) is 19.0. The summed E-state index contributed by atoms with van der Waals surface area (Å²) >= 11 is 1.11. The Kier molecular flexibility index (Phi) is 6.79. The Morgan fingerprint density at radius 3 is 2.50 bits per heavy atom. The van der Waals surface area contributed by atoms with Crippen molar-refractivity contribution in [1.82, 2.24) is 14.5 Å². The molecule has 0 aliphatic rings. The molecule has 1 amide bonds. The summed E-state index contributed by atoms with van der Waals surface area (Å²) in [6.45, 7) is 3.50. The first-order chi connectivity index (χ1) is 16.3. The Morgan fingerprint density at radius 2 is 1.79 bits per heavy atom. The van der Waals surface area contributed by atoms with Crippen LogP contribution in [0.3, 0.4) is 0 Å². The lowest BCUT2D eigenvalue weighted by Gasteiger charge is -2.25. The van der Waals surface area contributed by atoms with E-state index in [4.69, 9.17) is 0 Å². The topological polar surface area (TPSA) is 55.2 Å². The van der Waals surface area contributed by atoms with Crippen LogP contribution in [0.5, 0.6) is 0 Å². The van der Waals surface area contributed by atoms with Crippen LogP contribution in [-0.4, -0.2) is 33.2 Å². The normalized spacial score (nSPS) is 12.0. The van der Waals surface area contributed by atoms with E-state index in [2.05, 4.69) is 4.98 Å². The molecule has 4 rings (SSSR count). The van der Waals surface area contributed by atoms with Gasteiger partial charge in [-0.25, -0.2) is 13.8 Å². The van der Waals surface area contributed by atoms with Gasteiger partial charge in [0, 0.05) is 7.05 Å². The molecule has 0 N–H and O–H groups in total. The van der Waals surface area contributed by atoms with Crippen LogP contribution in [0.25, 0.3) is 16.6 Å². The fourth-order valence-electron chi connectivity index (χ4n) is 3.57. The molecule has 174 valence electrons. The maximum atomic E-state index is 14.3. The number of halogens is 2. The standard InChI is InChI=1S/C26H23F2N3O2S/c1-16-8-13-20(14-22(16)28)31-25(33)21-6-4-5-7-23(21)29-26(31)34-15-24(32)30(3)17(2)18-9-11-19(27)12-10-18/h4-14,17H,15H2,1-3H3. The van der Waals surface area contributed by atoms with E-state index in [0.29, 0.717) is 27.3 Å². The molecule has 0 spiro atoms. The molecular weight excluding hydrogens is 456 g/mol. The molecule has 8 heteroatoms. The predicted octanol–water partition coefficient (Wildman–Crippen LogP) is 5.28. The van der Waals surface area contributed by atoms with Gasteiger partial charge in [0.1, 0.15) is 11.6 Å². The highest BCUT2D eigenvalue weighted by molar-refractivity contribution is 7.99. The Bertz CT molecular complexity index is 1420. The van der Waals surface area contributed by atoms with Gasteiger partial charge < -0.3 is 4.90 Å². The number of hydrogen-bond donors (Lipinski definition) is 0. The van der Waals surface area contributed by atoms with Crippen LogP contribution in [0.4, 0.5) is 8.78 Å². The molecule has 5 nitrogen and oxygen atoms in total. The monoisotopic (exact) mass is 479 g/mol. The van der Waals surface area contributed by atoms with Crippen LogP contribution in [0.1, 0.15) is 24.1 Å². The number of amides is 1. The number of hydrogen-bond acceptors (Lipinski definition) is 4. The van der Waals surface area contributed by atoms with E-state index in [-0.39, 0.29) is 29.1 Å². The zero-order valence-corrected chi connectivity index (χ0v) is 19.8. The number of carbonyl (C=O) groups excluding carboxylic acids is 1. The van der Waals surface area contributed by atoms with E-state index < -0.39 is 5.82 Å². The van der Waals surface area contributed by atoms with Gasteiger partial charge >= 0.3 is 0 Å². The average molecular weight is 480 g/mol. The lowest BCUT2D eigenvalue weighted by Crippen LogP contribution is -2.31. The van der Waals surface area contributed by atoms with E-state index in [1.54, 1.807) is 67.4 Å². The second-order valence-corrected chi connectivity index (χ2v) is 8.95. The summed E-state index contributed by atoms with van der Waals surface area (Å²) < 4.78 is 28.9. The number of carbonyl (C=O) groups is 1. The molecule has 3 aromatic carbocycles. The van der Waals surface area contributed by atoms with Crippen LogP contribution in [0.2, 0.25) is 0 Å². The fraction of sp³-hybridized carbons (Fsp3) is 0.192. The summed E-state index contributed by atoms with van der Waals surface area (Å²) in [6, 6.07) is 17.2. The summed E-state index contributed by atoms with van der Waals surface area (Å²) in [4.78, 5) is 32.4.